The molecule has 0 heterocycles. The molecule has 2 rings (SSSR count). The van der Waals surface area contributed by atoms with Crippen LogP contribution in [0.15, 0.2) is 36.4 Å². The van der Waals surface area contributed by atoms with Crippen LogP contribution in [0.3, 0.4) is 0 Å². The van der Waals surface area contributed by atoms with E-state index in [1.165, 1.54) is 18.2 Å². The second kappa shape index (κ2) is 6.31. The van der Waals surface area contributed by atoms with Crippen molar-refractivity contribution in [3.63, 3.8) is 0 Å². The molecule has 0 radical (unpaired) electrons. The standard InChI is InChI=1S/C13H9Cl3N2O2/c14-9-4-10(15)6-11(5-9)17-7-8-3-12(18(19)20)1-2-13(8)16/h1-6,17H,7H2. The third-order valence-corrected chi connectivity index (χ3v) is 3.39. The number of nitrogens with zero attached hydrogens (tertiary/aromatic N) is 1. The molecule has 0 aliphatic carbocycles. The second-order valence-electron chi connectivity index (χ2n) is 4.04. The SMILES string of the molecule is O=[N+]([O-])c1ccc(Cl)c(CNc2cc(Cl)cc(Cl)c2)c1. The van der Waals surface area contributed by atoms with Gasteiger partial charge in [-0.2, -0.15) is 0 Å². The summed E-state index contributed by atoms with van der Waals surface area (Å²) in [6, 6.07) is 9.33. The molecule has 0 amide bonds. The van der Waals surface area contributed by atoms with Crippen LogP contribution < -0.4 is 5.32 Å². The first kappa shape index (κ1) is 14.9. The van der Waals surface area contributed by atoms with Gasteiger partial charge in [-0.05, 0) is 29.8 Å². The molecular weight excluding hydrogens is 323 g/mol. The first-order valence-electron chi connectivity index (χ1n) is 5.58. The molecule has 7 heteroatoms. The van der Waals surface area contributed by atoms with Crippen molar-refractivity contribution in [1.82, 2.24) is 0 Å². The fourth-order valence-electron chi connectivity index (χ4n) is 1.66. The maximum absolute atomic E-state index is 10.7. The number of nitro benzene ring substituents is 1. The van der Waals surface area contributed by atoms with E-state index in [9.17, 15) is 10.1 Å². The molecule has 0 atom stereocenters. The normalized spacial score (nSPS) is 10.3. The predicted octanol–water partition coefficient (Wildman–Crippen LogP) is 5.17. The summed E-state index contributed by atoms with van der Waals surface area (Å²) >= 11 is 17.8. The van der Waals surface area contributed by atoms with Crippen molar-refractivity contribution in [3.8, 4) is 0 Å². The average molecular weight is 332 g/mol. The lowest BCUT2D eigenvalue weighted by molar-refractivity contribution is -0.384. The Morgan fingerprint density at radius 2 is 1.70 bits per heavy atom. The molecule has 0 aliphatic heterocycles. The highest BCUT2D eigenvalue weighted by molar-refractivity contribution is 6.35. The quantitative estimate of drug-likeness (QED) is 0.621. The summed E-state index contributed by atoms with van der Waals surface area (Å²) in [4.78, 5) is 10.3. The minimum Gasteiger partial charge on any atom is -0.381 e. The number of halogens is 3. The largest absolute Gasteiger partial charge is 0.381 e. The van der Waals surface area contributed by atoms with Gasteiger partial charge < -0.3 is 5.32 Å². The lowest BCUT2D eigenvalue weighted by atomic mass is 10.2. The van der Waals surface area contributed by atoms with Gasteiger partial charge in [-0.3, -0.25) is 10.1 Å². The summed E-state index contributed by atoms with van der Waals surface area (Å²) in [5.74, 6) is 0. The van der Waals surface area contributed by atoms with Gasteiger partial charge in [0.25, 0.3) is 5.69 Å². The zero-order valence-corrected chi connectivity index (χ0v) is 12.3. The lowest BCUT2D eigenvalue weighted by Gasteiger charge is -2.09. The number of hydrogen-bond donors (Lipinski definition) is 1. The smallest absolute Gasteiger partial charge is 0.269 e. The van der Waals surface area contributed by atoms with Gasteiger partial charge in [-0.15, -0.1) is 0 Å². The fourth-order valence-corrected chi connectivity index (χ4v) is 2.37. The van der Waals surface area contributed by atoms with Crippen molar-refractivity contribution in [3.05, 3.63) is 67.1 Å². The average Bonchev–Trinajstić information content (AvgIpc) is 2.36. The Kier molecular flexibility index (Phi) is 4.70. The Bertz CT molecular complexity index is 642. The molecule has 0 aromatic heterocycles. The van der Waals surface area contributed by atoms with E-state index in [1.807, 2.05) is 0 Å². The Morgan fingerprint density at radius 3 is 2.30 bits per heavy atom. The van der Waals surface area contributed by atoms with Gasteiger partial charge in [0.2, 0.25) is 0 Å². The van der Waals surface area contributed by atoms with Gasteiger partial charge in [-0.25, -0.2) is 0 Å². The van der Waals surface area contributed by atoms with E-state index in [4.69, 9.17) is 34.8 Å². The molecular formula is C13H9Cl3N2O2. The van der Waals surface area contributed by atoms with Crippen LogP contribution in [-0.2, 0) is 6.54 Å². The number of anilines is 1. The monoisotopic (exact) mass is 330 g/mol. The van der Waals surface area contributed by atoms with Gasteiger partial charge in [0.1, 0.15) is 0 Å². The summed E-state index contributed by atoms with van der Waals surface area (Å²) in [5.41, 5.74) is 1.33. The van der Waals surface area contributed by atoms with Crippen LogP contribution in [0.25, 0.3) is 0 Å². The molecule has 20 heavy (non-hydrogen) atoms. The van der Waals surface area contributed by atoms with Crippen molar-refractivity contribution >= 4 is 46.2 Å². The summed E-state index contributed by atoms with van der Waals surface area (Å²) in [6.07, 6.45) is 0. The van der Waals surface area contributed by atoms with Crippen molar-refractivity contribution in [2.75, 3.05) is 5.32 Å². The highest BCUT2D eigenvalue weighted by Gasteiger charge is 2.09. The molecule has 2 aromatic carbocycles. The van der Waals surface area contributed by atoms with Crippen LogP contribution in [0.4, 0.5) is 11.4 Å². The Balaban J connectivity index is 2.18. The van der Waals surface area contributed by atoms with Gasteiger partial charge in [0.15, 0.2) is 0 Å². The van der Waals surface area contributed by atoms with Crippen LogP contribution in [0.2, 0.25) is 15.1 Å². The minimum absolute atomic E-state index is 0.00433. The van der Waals surface area contributed by atoms with Crippen LogP contribution in [0.5, 0.6) is 0 Å². The third-order valence-electron chi connectivity index (χ3n) is 2.59. The second-order valence-corrected chi connectivity index (χ2v) is 5.32. The van der Waals surface area contributed by atoms with Gasteiger partial charge in [-0.1, -0.05) is 34.8 Å². The topological polar surface area (TPSA) is 55.2 Å². The lowest BCUT2D eigenvalue weighted by Crippen LogP contribution is -2.01. The van der Waals surface area contributed by atoms with E-state index in [0.717, 1.165) is 0 Å². The van der Waals surface area contributed by atoms with Gasteiger partial charge >= 0.3 is 0 Å². The first-order chi connectivity index (χ1) is 9.45. The highest BCUT2D eigenvalue weighted by atomic mass is 35.5. The summed E-state index contributed by atoms with van der Waals surface area (Å²) in [5, 5.41) is 15.3. The van der Waals surface area contributed by atoms with Crippen LogP contribution in [0.1, 0.15) is 5.56 Å². The van der Waals surface area contributed by atoms with E-state index in [1.54, 1.807) is 18.2 Å². The highest BCUT2D eigenvalue weighted by Crippen LogP contribution is 2.25. The first-order valence-corrected chi connectivity index (χ1v) is 6.72. The molecule has 4 nitrogen and oxygen atoms in total. The van der Waals surface area contributed by atoms with E-state index in [2.05, 4.69) is 5.32 Å². The molecule has 0 fully saturated rings. The zero-order chi connectivity index (χ0) is 14.7. The molecule has 0 saturated heterocycles. The molecule has 0 aliphatic rings. The van der Waals surface area contributed by atoms with E-state index >= 15 is 0 Å². The number of hydrogen-bond acceptors (Lipinski definition) is 3. The Labute approximate surface area is 130 Å². The van der Waals surface area contributed by atoms with Crippen LogP contribution >= 0.6 is 34.8 Å². The summed E-state index contributed by atoms with van der Waals surface area (Å²) in [6.45, 7) is 0.331. The molecule has 0 spiro atoms. The van der Waals surface area contributed by atoms with E-state index in [-0.39, 0.29) is 5.69 Å². The number of rotatable bonds is 4. The number of non-ortho nitro benzene ring substituents is 1. The molecule has 1 N–H and O–H groups in total. The van der Waals surface area contributed by atoms with Gasteiger partial charge in [0, 0.05) is 39.4 Å². The number of nitrogens with one attached hydrogen (secondary N) is 1. The van der Waals surface area contributed by atoms with Crippen LogP contribution in [-0.4, -0.2) is 4.92 Å². The summed E-state index contributed by atoms with van der Waals surface area (Å²) < 4.78 is 0. The van der Waals surface area contributed by atoms with E-state index in [0.29, 0.717) is 32.9 Å². The van der Waals surface area contributed by atoms with E-state index < -0.39 is 4.92 Å². The van der Waals surface area contributed by atoms with Crippen molar-refractivity contribution in [2.45, 2.75) is 6.54 Å². The van der Waals surface area contributed by atoms with Crippen molar-refractivity contribution in [2.24, 2.45) is 0 Å². The molecule has 0 bridgehead atoms. The van der Waals surface area contributed by atoms with Crippen LogP contribution in [0, 0.1) is 10.1 Å². The Hall–Kier alpha value is -1.49. The zero-order valence-electron chi connectivity index (χ0n) is 10.1. The molecule has 104 valence electrons. The van der Waals surface area contributed by atoms with Crippen molar-refractivity contribution < 1.29 is 4.92 Å². The number of nitro groups is 1. The van der Waals surface area contributed by atoms with Crippen molar-refractivity contribution in [1.29, 1.82) is 0 Å². The Morgan fingerprint density at radius 1 is 1.05 bits per heavy atom. The molecule has 2 aromatic rings. The minimum atomic E-state index is -0.462. The third kappa shape index (κ3) is 3.76. The fraction of sp³-hybridized carbons (Fsp3) is 0.0769. The summed E-state index contributed by atoms with van der Waals surface area (Å²) in [7, 11) is 0. The molecule has 0 saturated carbocycles. The maximum Gasteiger partial charge on any atom is 0.269 e. The predicted molar refractivity (Wildman–Crippen MR) is 81.9 cm³/mol. The maximum atomic E-state index is 10.7. The molecule has 0 unspecified atom stereocenters. The van der Waals surface area contributed by atoms with Gasteiger partial charge in [0.05, 0.1) is 4.92 Å². The number of benzene rings is 2.